The van der Waals surface area contributed by atoms with E-state index in [1.165, 1.54) is 16.5 Å². The van der Waals surface area contributed by atoms with Crippen molar-refractivity contribution in [1.82, 2.24) is 0 Å². The summed E-state index contributed by atoms with van der Waals surface area (Å²) in [7, 11) is 0. The van der Waals surface area contributed by atoms with Crippen LogP contribution < -0.4 is 5.32 Å². The van der Waals surface area contributed by atoms with Crippen LogP contribution in [0.4, 0.5) is 11.4 Å². The Labute approximate surface area is 144 Å². The zero-order valence-electron chi connectivity index (χ0n) is 15.5. The zero-order valence-corrected chi connectivity index (χ0v) is 15.5. The predicted molar refractivity (Wildman–Crippen MR) is 103 cm³/mol. The van der Waals surface area contributed by atoms with Gasteiger partial charge in [-0.05, 0) is 40.2 Å². The van der Waals surface area contributed by atoms with E-state index in [0.29, 0.717) is 0 Å². The van der Waals surface area contributed by atoms with Gasteiger partial charge in [0.2, 0.25) is 0 Å². The fraction of sp³-hybridized carbons (Fsp3) is 0.364. The molecule has 0 fully saturated rings. The summed E-state index contributed by atoms with van der Waals surface area (Å²) < 4.78 is 5.77. The predicted octanol–water partition coefficient (Wildman–Crippen LogP) is 6.77. The van der Waals surface area contributed by atoms with Gasteiger partial charge in [0.15, 0.2) is 0 Å². The highest BCUT2D eigenvalue weighted by Crippen LogP contribution is 2.37. The molecule has 0 aliphatic carbocycles. The number of nitrogens with one attached hydrogen (secondary N) is 1. The molecular weight excluding hydrogens is 294 g/mol. The maximum Gasteiger partial charge on any atom is 0.136 e. The minimum Gasteiger partial charge on any atom is -0.462 e. The molecule has 0 aliphatic rings. The van der Waals surface area contributed by atoms with Crippen LogP contribution in [0.5, 0.6) is 0 Å². The van der Waals surface area contributed by atoms with E-state index < -0.39 is 0 Å². The van der Waals surface area contributed by atoms with Crippen molar-refractivity contribution in [3.63, 3.8) is 0 Å². The number of rotatable bonds is 2. The zero-order chi connectivity index (χ0) is 17.5. The van der Waals surface area contributed by atoms with Gasteiger partial charge in [-0.25, -0.2) is 0 Å². The highest BCUT2D eigenvalue weighted by molar-refractivity contribution is 5.95. The SMILES string of the molecule is CC(C)(C)c1ccc(Nc2coc3cccc(C(C)(C)C)c23)cc1. The first-order chi connectivity index (χ1) is 11.2. The molecule has 126 valence electrons. The molecule has 0 spiro atoms. The summed E-state index contributed by atoms with van der Waals surface area (Å²) >= 11 is 0. The molecule has 1 aromatic heterocycles. The number of hydrogen-bond donors (Lipinski definition) is 1. The third-order valence-corrected chi connectivity index (χ3v) is 4.44. The second-order valence-corrected chi connectivity index (χ2v) is 8.53. The van der Waals surface area contributed by atoms with Gasteiger partial charge < -0.3 is 9.73 Å². The molecule has 2 aromatic carbocycles. The Morgan fingerprint density at radius 3 is 2.04 bits per heavy atom. The average molecular weight is 321 g/mol. The number of anilines is 2. The molecule has 0 radical (unpaired) electrons. The van der Waals surface area contributed by atoms with E-state index in [0.717, 1.165) is 17.0 Å². The van der Waals surface area contributed by atoms with Crippen LogP contribution in [0.15, 0.2) is 53.1 Å². The van der Waals surface area contributed by atoms with Crippen molar-refractivity contribution < 1.29 is 4.42 Å². The average Bonchev–Trinajstić information content (AvgIpc) is 2.89. The smallest absolute Gasteiger partial charge is 0.136 e. The summed E-state index contributed by atoms with van der Waals surface area (Å²) in [6.45, 7) is 13.4. The fourth-order valence-corrected chi connectivity index (χ4v) is 3.01. The first kappa shape index (κ1) is 16.6. The lowest BCUT2D eigenvalue weighted by molar-refractivity contribution is 0.590. The van der Waals surface area contributed by atoms with Gasteiger partial charge >= 0.3 is 0 Å². The van der Waals surface area contributed by atoms with Crippen molar-refractivity contribution in [3.8, 4) is 0 Å². The maximum atomic E-state index is 5.77. The standard InChI is InChI=1S/C22H27NO/c1-21(2,3)15-10-12-16(13-11-15)23-18-14-24-19-9-7-8-17(20(18)19)22(4,5)6/h7-14,23H,1-6H3. The third-order valence-electron chi connectivity index (χ3n) is 4.44. The quantitative estimate of drug-likeness (QED) is 0.563. The van der Waals surface area contributed by atoms with Gasteiger partial charge in [-0.3, -0.25) is 0 Å². The fourth-order valence-electron chi connectivity index (χ4n) is 3.01. The van der Waals surface area contributed by atoms with E-state index in [4.69, 9.17) is 4.42 Å². The highest BCUT2D eigenvalue weighted by Gasteiger charge is 2.20. The number of furan rings is 1. The van der Waals surface area contributed by atoms with E-state index in [9.17, 15) is 0 Å². The molecular formula is C22H27NO. The van der Waals surface area contributed by atoms with E-state index >= 15 is 0 Å². The molecule has 0 saturated carbocycles. The Kier molecular flexibility index (Phi) is 3.95. The van der Waals surface area contributed by atoms with Crippen molar-refractivity contribution in [1.29, 1.82) is 0 Å². The molecule has 0 saturated heterocycles. The molecule has 3 rings (SSSR count). The molecule has 1 heterocycles. The van der Waals surface area contributed by atoms with Crippen LogP contribution in [0.2, 0.25) is 0 Å². The molecule has 0 atom stereocenters. The van der Waals surface area contributed by atoms with Crippen LogP contribution in [0.3, 0.4) is 0 Å². The molecule has 1 N–H and O–H groups in total. The summed E-state index contributed by atoms with van der Waals surface area (Å²) in [5.41, 5.74) is 5.89. The van der Waals surface area contributed by atoms with Crippen LogP contribution in [-0.2, 0) is 10.8 Å². The Hall–Kier alpha value is -2.22. The van der Waals surface area contributed by atoms with Crippen LogP contribution in [0.1, 0.15) is 52.7 Å². The van der Waals surface area contributed by atoms with Gasteiger partial charge in [-0.2, -0.15) is 0 Å². The monoisotopic (exact) mass is 321 g/mol. The lowest BCUT2D eigenvalue weighted by atomic mass is 9.84. The topological polar surface area (TPSA) is 25.2 Å². The third kappa shape index (κ3) is 3.19. The summed E-state index contributed by atoms with van der Waals surface area (Å²) in [5.74, 6) is 0. The van der Waals surface area contributed by atoms with E-state index in [2.05, 4.69) is 83.3 Å². The van der Waals surface area contributed by atoms with E-state index in [1.807, 2.05) is 12.3 Å². The van der Waals surface area contributed by atoms with E-state index in [-0.39, 0.29) is 10.8 Å². The second kappa shape index (κ2) is 5.70. The van der Waals surface area contributed by atoms with Crippen LogP contribution in [-0.4, -0.2) is 0 Å². The Morgan fingerprint density at radius 2 is 1.46 bits per heavy atom. The Morgan fingerprint density at radius 1 is 0.792 bits per heavy atom. The van der Waals surface area contributed by atoms with Gasteiger partial charge in [-0.15, -0.1) is 0 Å². The molecule has 2 nitrogen and oxygen atoms in total. The largest absolute Gasteiger partial charge is 0.462 e. The van der Waals surface area contributed by atoms with Gasteiger partial charge in [0, 0.05) is 11.1 Å². The highest BCUT2D eigenvalue weighted by atomic mass is 16.3. The number of hydrogen-bond acceptors (Lipinski definition) is 2. The first-order valence-electron chi connectivity index (χ1n) is 8.54. The number of fused-ring (bicyclic) bond motifs is 1. The summed E-state index contributed by atoms with van der Waals surface area (Å²) in [4.78, 5) is 0. The Bertz CT molecular complexity index is 842. The normalized spacial score (nSPS) is 12.6. The van der Waals surface area contributed by atoms with Gasteiger partial charge in [0.1, 0.15) is 11.8 Å². The Balaban J connectivity index is 1.99. The molecule has 0 amide bonds. The molecule has 2 heteroatoms. The van der Waals surface area contributed by atoms with Crippen molar-refractivity contribution in [3.05, 3.63) is 59.9 Å². The van der Waals surface area contributed by atoms with E-state index in [1.54, 1.807) is 0 Å². The van der Waals surface area contributed by atoms with Crippen LogP contribution >= 0.6 is 0 Å². The van der Waals surface area contributed by atoms with Crippen LogP contribution in [0, 0.1) is 0 Å². The lowest BCUT2D eigenvalue weighted by Crippen LogP contribution is -2.11. The minimum atomic E-state index is 0.0654. The molecule has 3 aromatic rings. The van der Waals surface area contributed by atoms with Gasteiger partial charge in [0.25, 0.3) is 0 Å². The summed E-state index contributed by atoms with van der Waals surface area (Å²) in [6.07, 6.45) is 1.82. The van der Waals surface area contributed by atoms with Gasteiger partial charge in [-0.1, -0.05) is 65.8 Å². The summed E-state index contributed by atoms with van der Waals surface area (Å²) in [5, 5.41) is 4.70. The van der Waals surface area contributed by atoms with Gasteiger partial charge in [0.05, 0.1) is 5.69 Å². The molecule has 0 aliphatic heterocycles. The number of benzene rings is 2. The molecule has 24 heavy (non-hydrogen) atoms. The molecule has 0 bridgehead atoms. The maximum absolute atomic E-state index is 5.77. The van der Waals surface area contributed by atoms with Crippen molar-refractivity contribution >= 4 is 22.3 Å². The van der Waals surface area contributed by atoms with Crippen molar-refractivity contribution in [2.24, 2.45) is 0 Å². The lowest BCUT2D eigenvalue weighted by Gasteiger charge is -2.21. The second-order valence-electron chi connectivity index (χ2n) is 8.53. The van der Waals surface area contributed by atoms with Crippen LogP contribution in [0.25, 0.3) is 11.0 Å². The van der Waals surface area contributed by atoms with Crippen molar-refractivity contribution in [2.45, 2.75) is 52.4 Å². The minimum absolute atomic E-state index is 0.0654. The first-order valence-corrected chi connectivity index (χ1v) is 8.54. The summed E-state index contributed by atoms with van der Waals surface area (Å²) in [6, 6.07) is 14.9. The van der Waals surface area contributed by atoms with Crippen molar-refractivity contribution in [2.75, 3.05) is 5.32 Å². The molecule has 0 unspecified atom stereocenters.